The van der Waals surface area contributed by atoms with Crippen LogP contribution in [0.2, 0.25) is 0 Å². The van der Waals surface area contributed by atoms with Gasteiger partial charge >= 0.3 is 0 Å². The molecular formula is C28H33FN4O. The first-order valence-electron chi connectivity index (χ1n) is 12.0. The topological polar surface area (TPSA) is 52.8 Å². The van der Waals surface area contributed by atoms with Crippen molar-refractivity contribution in [1.29, 1.82) is 0 Å². The minimum atomic E-state index is -0.281. The predicted octanol–water partition coefficient (Wildman–Crippen LogP) is 5.07. The number of hydrazine groups is 1. The molecule has 4 rings (SSSR count). The predicted molar refractivity (Wildman–Crippen MR) is 137 cm³/mol. The molecule has 0 spiro atoms. The van der Waals surface area contributed by atoms with E-state index in [9.17, 15) is 9.18 Å². The maximum Gasteiger partial charge on any atom is 0.219 e. The van der Waals surface area contributed by atoms with E-state index in [2.05, 4.69) is 36.1 Å². The highest BCUT2D eigenvalue weighted by atomic mass is 19.1. The number of benzene rings is 3. The van der Waals surface area contributed by atoms with E-state index < -0.39 is 0 Å². The summed E-state index contributed by atoms with van der Waals surface area (Å²) in [5.41, 5.74) is 5.19. The maximum absolute atomic E-state index is 13.4. The highest BCUT2D eigenvalue weighted by Gasteiger charge is 2.29. The summed E-state index contributed by atoms with van der Waals surface area (Å²) in [4.78, 5) is 16.7. The molecule has 0 saturated carbocycles. The van der Waals surface area contributed by atoms with Crippen molar-refractivity contribution >= 4 is 23.0 Å². The zero-order chi connectivity index (χ0) is 24.1. The number of carbonyl (C=O) groups is 1. The van der Waals surface area contributed by atoms with Gasteiger partial charge in [0.05, 0.1) is 17.4 Å². The zero-order valence-corrected chi connectivity index (χ0v) is 20.0. The van der Waals surface area contributed by atoms with Gasteiger partial charge in [0, 0.05) is 32.2 Å². The normalized spacial score (nSPS) is 15.9. The van der Waals surface area contributed by atoms with Crippen molar-refractivity contribution in [2.45, 2.75) is 39.2 Å². The van der Waals surface area contributed by atoms with E-state index in [1.54, 1.807) is 24.1 Å². The van der Waals surface area contributed by atoms with Crippen LogP contribution in [0.5, 0.6) is 0 Å². The molecule has 1 fully saturated rings. The van der Waals surface area contributed by atoms with Crippen molar-refractivity contribution in [3.8, 4) is 0 Å². The Bertz CT molecular complexity index is 1100. The Labute approximate surface area is 201 Å². The van der Waals surface area contributed by atoms with Crippen LogP contribution in [0.3, 0.4) is 0 Å². The van der Waals surface area contributed by atoms with Gasteiger partial charge in [0.15, 0.2) is 0 Å². The monoisotopic (exact) mass is 460 g/mol. The van der Waals surface area contributed by atoms with Crippen LogP contribution < -0.4 is 15.8 Å². The van der Waals surface area contributed by atoms with E-state index >= 15 is 0 Å². The number of nitrogens with two attached hydrogens (primary N) is 1. The van der Waals surface area contributed by atoms with Crippen LogP contribution in [0, 0.1) is 5.82 Å². The number of aryl methyl sites for hydroxylation is 1. The molecule has 0 aliphatic carbocycles. The van der Waals surface area contributed by atoms with E-state index in [1.807, 2.05) is 29.2 Å². The number of nitrogens with zero attached hydrogens (tertiary/aromatic N) is 3. The lowest BCUT2D eigenvalue weighted by Crippen LogP contribution is -2.55. The molecule has 0 unspecified atom stereocenters. The van der Waals surface area contributed by atoms with Crippen LogP contribution >= 0.6 is 0 Å². The molecular weight excluding hydrogens is 427 g/mol. The summed E-state index contributed by atoms with van der Waals surface area (Å²) in [5, 5.41) is 1.63. The van der Waals surface area contributed by atoms with Gasteiger partial charge in [0.2, 0.25) is 5.91 Å². The first kappa shape index (κ1) is 23.8. The highest BCUT2D eigenvalue weighted by molar-refractivity contribution is 5.74. The van der Waals surface area contributed by atoms with E-state index in [4.69, 9.17) is 5.84 Å². The minimum Gasteiger partial charge on any atom is -0.368 e. The number of piperazine rings is 1. The van der Waals surface area contributed by atoms with Crippen LogP contribution in [-0.2, 0) is 17.6 Å². The molecule has 34 heavy (non-hydrogen) atoms. The Morgan fingerprint density at radius 1 is 1.06 bits per heavy atom. The second-order valence-electron chi connectivity index (χ2n) is 8.91. The summed E-state index contributed by atoms with van der Waals surface area (Å²) in [6.07, 6.45) is 2.71. The van der Waals surface area contributed by atoms with E-state index in [-0.39, 0.29) is 17.8 Å². The quantitative estimate of drug-likeness (QED) is 0.395. The molecule has 1 atom stereocenters. The van der Waals surface area contributed by atoms with Gasteiger partial charge in [0.25, 0.3) is 0 Å². The van der Waals surface area contributed by atoms with Crippen molar-refractivity contribution in [2.75, 3.05) is 29.5 Å². The second kappa shape index (κ2) is 10.7. The fourth-order valence-electron chi connectivity index (χ4n) is 4.78. The summed E-state index contributed by atoms with van der Waals surface area (Å²) in [6.45, 7) is 6.09. The molecule has 2 N–H and O–H groups in total. The van der Waals surface area contributed by atoms with Gasteiger partial charge in [-0.05, 0) is 66.4 Å². The standard InChI is InChI=1S/C28H33FN4O/c1-3-7-23-19-26(14-15-28(23)33(30)25-12-10-24(29)11-13-25)31-16-17-32(21(2)34)27(20-31)18-22-8-5-4-6-9-22/h4-6,8-15,19,27H,3,7,16-18,20,30H2,1-2H3/t27-/m1/s1. The third-order valence-corrected chi connectivity index (χ3v) is 6.51. The lowest BCUT2D eigenvalue weighted by Gasteiger charge is -2.42. The lowest BCUT2D eigenvalue weighted by atomic mass is 10.0. The molecule has 1 aliphatic heterocycles. The first-order chi connectivity index (χ1) is 16.5. The fourth-order valence-corrected chi connectivity index (χ4v) is 4.78. The molecule has 1 aliphatic rings. The number of hydrogen-bond donors (Lipinski definition) is 1. The first-order valence-corrected chi connectivity index (χ1v) is 12.0. The van der Waals surface area contributed by atoms with Gasteiger partial charge < -0.3 is 9.80 Å². The van der Waals surface area contributed by atoms with Gasteiger partial charge in [-0.25, -0.2) is 10.2 Å². The van der Waals surface area contributed by atoms with Crippen LogP contribution in [-0.4, -0.2) is 36.5 Å². The molecule has 1 amide bonds. The van der Waals surface area contributed by atoms with Gasteiger partial charge in [-0.2, -0.15) is 0 Å². The summed E-state index contributed by atoms with van der Waals surface area (Å²) in [7, 11) is 0. The van der Waals surface area contributed by atoms with Crippen LogP contribution in [0.25, 0.3) is 0 Å². The summed E-state index contributed by atoms with van der Waals surface area (Å²) in [6, 6.07) is 23.0. The van der Waals surface area contributed by atoms with E-state index in [0.717, 1.165) is 55.0 Å². The highest BCUT2D eigenvalue weighted by Crippen LogP contribution is 2.31. The summed E-state index contributed by atoms with van der Waals surface area (Å²) in [5.74, 6) is 6.28. The van der Waals surface area contributed by atoms with Gasteiger partial charge in [-0.15, -0.1) is 0 Å². The maximum atomic E-state index is 13.4. The summed E-state index contributed by atoms with van der Waals surface area (Å²) < 4.78 is 13.4. The number of hydrogen-bond acceptors (Lipinski definition) is 4. The van der Waals surface area contributed by atoms with Crippen molar-refractivity contribution in [2.24, 2.45) is 5.84 Å². The number of amides is 1. The smallest absolute Gasteiger partial charge is 0.219 e. The van der Waals surface area contributed by atoms with Crippen LogP contribution in [0.1, 0.15) is 31.4 Å². The second-order valence-corrected chi connectivity index (χ2v) is 8.91. The number of halogens is 1. The molecule has 0 bridgehead atoms. The van der Waals surface area contributed by atoms with Crippen molar-refractivity contribution < 1.29 is 9.18 Å². The van der Waals surface area contributed by atoms with Crippen LogP contribution in [0.15, 0.2) is 72.8 Å². The molecule has 3 aromatic carbocycles. The average molecular weight is 461 g/mol. The van der Waals surface area contributed by atoms with Crippen molar-refractivity contribution in [3.05, 3.63) is 89.7 Å². The number of anilines is 3. The molecule has 0 aromatic heterocycles. The molecule has 0 radical (unpaired) electrons. The molecule has 178 valence electrons. The number of carbonyl (C=O) groups excluding carboxylic acids is 1. The third-order valence-electron chi connectivity index (χ3n) is 6.51. The van der Waals surface area contributed by atoms with E-state index in [0.29, 0.717) is 6.54 Å². The fraction of sp³-hybridized carbons (Fsp3) is 0.321. The third kappa shape index (κ3) is 5.39. The SMILES string of the molecule is CCCc1cc(N2CCN(C(C)=O)[C@H](Cc3ccccc3)C2)ccc1N(N)c1ccc(F)cc1. The van der Waals surface area contributed by atoms with Gasteiger partial charge in [-0.3, -0.25) is 9.80 Å². The molecule has 1 saturated heterocycles. The van der Waals surface area contributed by atoms with Crippen molar-refractivity contribution in [1.82, 2.24) is 4.90 Å². The molecule has 1 heterocycles. The Hall–Kier alpha value is -3.38. The Morgan fingerprint density at radius 3 is 2.47 bits per heavy atom. The van der Waals surface area contributed by atoms with Gasteiger partial charge in [-0.1, -0.05) is 43.7 Å². The largest absolute Gasteiger partial charge is 0.368 e. The Balaban J connectivity index is 1.58. The summed E-state index contributed by atoms with van der Waals surface area (Å²) >= 11 is 0. The van der Waals surface area contributed by atoms with Gasteiger partial charge in [0.1, 0.15) is 5.82 Å². The molecule has 3 aromatic rings. The van der Waals surface area contributed by atoms with Crippen molar-refractivity contribution in [3.63, 3.8) is 0 Å². The number of rotatable bonds is 7. The molecule has 6 heteroatoms. The zero-order valence-electron chi connectivity index (χ0n) is 20.0. The van der Waals surface area contributed by atoms with E-state index in [1.165, 1.54) is 17.7 Å². The average Bonchev–Trinajstić information content (AvgIpc) is 2.85. The van der Waals surface area contributed by atoms with Crippen LogP contribution in [0.4, 0.5) is 21.5 Å². The Morgan fingerprint density at radius 2 is 1.79 bits per heavy atom. The minimum absolute atomic E-state index is 0.119. The lowest BCUT2D eigenvalue weighted by molar-refractivity contribution is -0.131. The Kier molecular flexibility index (Phi) is 7.48. The molecule has 5 nitrogen and oxygen atoms in total.